The molecule has 31 heavy (non-hydrogen) atoms. The topological polar surface area (TPSA) is 60.9 Å². The number of imidazole rings is 1. The van der Waals surface area contributed by atoms with Crippen molar-refractivity contribution in [3.05, 3.63) is 77.6 Å². The molecule has 152 valence electrons. The molecule has 0 atom stereocenters. The first-order valence-corrected chi connectivity index (χ1v) is 10.2. The van der Waals surface area contributed by atoms with Crippen molar-refractivity contribution in [1.29, 1.82) is 0 Å². The lowest BCUT2D eigenvalue weighted by molar-refractivity contribution is 0.610. The predicted molar refractivity (Wildman–Crippen MR) is 116 cm³/mol. The zero-order chi connectivity index (χ0) is 21.1. The smallest absolute Gasteiger partial charge is 0.155 e. The predicted octanol–water partition coefficient (Wildman–Crippen LogP) is 4.63. The van der Waals surface area contributed by atoms with E-state index in [2.05, 4.69) is 44.8 Å². The number of nitrogens with zero attached hydrogens (tertiary/aromatic N) is 6. The van der Waals surface area contributed by atoms with Gasteiger partial charge in [-0.05, 0) is 50.1 Å². The molecule has 0 N–H and O–H groups in total. The molecular formula is C24H19FN6. The summed E-state index contributed by atoms with van der Waals surface area (Å²) in [5, 5.41) is 4.29. The Morgan fingerprint density at radius 1 is 1.00 bits per heavy atom. The Hall–Kier alpha value is -3.87. The summed E-state index contributed by atoms with van der Waals surface area (Å²) in [6.45, 7) is 4.59. The number of hydrogen-bond acceptors (Lipinski definition) is 4. The molecule has 4 aromatic heterocycles. The molecular weight excluding hydrogens is 391 g/mol. The minimum Gasteiger partial charge on any atom is -0.323 e. The zero-order valence-corrected chi connectivity index (χ0v) is 17.2. The van der Waals surface area contributed by atoms with Crippen LogP contribution in [0.3, 0.4) is 0 Å². The molecule has 0 saturated carbocycles. The van der Waals surface area contributed by atoms with E-state index in [4.69, 9.17) is 4.98 Å². The Labute approximate surface area is 178 Å². The maximum Gasteiger partial charge on any atom is 0.155 e. The van der Waals surface area contributed by atoms with Gasteiger partial charge in [0.2, 0.25) is 0 Å². The van der Waals surface area contributed by atoms with Gasteiger partial charge in [0.15, 0.2) is 5.65 Å². The van der Waals surface area contributed by atoms with Crippen molar-refractivity contribution >= 4 is 5.65 Å². The fourth-order valence-electron chi connectivity index (χ4n) is 4.36. The van der Waals surface area contributed by atoms with E-state index in [9.17, 15) is 4.39 Å². The van der Waals surface area contributed by atoms with E-state index in [1.165, 1.54) is 23.5 Å². The maximum absolute atomic E-state index is 13.9. The quantitative estimate of drug-likeness (QED) is 0.426. The number of fused-ring (bicyclic) bond motifs is 4. The summed E-state index contributed by atoms with van der Waals surface area (Å²) in [6.07, 6.45) is 4.42. The molecule has 1 aromatic carbocycles. The highest BCUT2D eigenvalue weighted by molar-refractivity contribution is 5.82. The fourth-order valence-corrected chi connectivity index (χ4v) is 4.36. The third-order valence-electron chi connectivity index (χ3n) is 5.89. The van der Waals surface area contributed by atoms with Crippen LogP contribution in [0.5, 0.6) is 0 Å². The Morgan fingerprint density at radius 3 is 2.77 bits per heavy atom. The number of aromatic nitrogens is 6. The van der Waals surface area contributed by atoms with Gasteiger partial charge in [-0.2, -0.15) is 5.10 Å². The Balaban J connectivity index is 1.65. The summed E-state index contributed by atoms with van der Waals surface area (Å²) < 4.78 is 17.9. The van der Waals surface area contributed by atoms with Gasteiger partial charge in [0, 0.05) is 23.9 Å². The molecule has 0 fully saturated rings. The van der Waals surface area contributed by atoms with E-state index in [1.54, 1.807) is 17.5 Å². The lowest BCUT2D eigenvalue weighted by Gasteiger charge is -2.20. The van der Waals surface area contributed by atoms with Crippen molar-refractivity contribution in [3.8, 4) is 34.0 Å². The second-order valence-corrected chi connectivity index (χ2v) is 7.94. The molecule has 0 saturated heterocycles. The summed E-state index contributed by atoms with van der Waals surface area (Å²) in [5.41, 5.74) is 8.12. The molecule has 1 aliphatic heterocycles. The van der Waals surface area contributed by atoms with Gasteiger partial charge in [-0.3, -0.25) is 0 Å². The minimum atomic E-state index is -0.320. The third kappa shape index (κ3) is 2.77. The first-order valence-electron chi connectivity index (χ1n) is 10.2. The molecule has 6 rings (SSSR count). The average Bonchev–Trinajstić information content (AvgIpc) is 3.39. The lowest BCUT2D eigenvalue weighted by atomic mass is 9.98. The van der Waals surface area contributed by atoms with Gasteiger partial charge in [0.05, 0.1) is 17.1 Å². The van der Waals surface area contributed by atoms with Crippen molar-refractivity contribution in [1.82, 2.24) is 29.1 Å². The number of pyridine rings is 2. The van der Waals surface area contributed by atoms with Gasteiger partial charge in [-0.25, -0.2) is 23.9 Å². The Bertz CT molecular complexity index is 1480. The Morgan fingerprint density at radius 2 is 1.90 bits per heavy atom. The zero-order valence-electron chi connectivity index (χ0n) is 17.2. The summed E-state index contributed by atoms with van der Waals surface area (Å²) in [5.74, 6) is 0.591. The van der Waals surface area contributed by atoms with Crippen LogP contribution in [0.2, 0.25) is 0 Å². The first-order chi connectivity index (χ1) is 15.1. The average molecular weight is 410 g/mol. The third-order valence-corrected chi connectivity index (χ3v) is 5.89. The second kappa shape index (κ2) is 6.57. The molecule has 0 amide bonds. The van der Waals surface area contributed by atoms with Crippen LogP contribution in [-0.4, -0.2) is 29.1 Å². The molecule has 0 radical (unpaired) electrons. The summed E-state index contributed by atoms with van der Waals surface area (Å²) in [7, 11) is 0. The minimum absolute atomic E-state index is 0.320. The van der Waals surface area contributed by atoms with Crippen LogP contribution in [0, 0.1) is 19.7 Å². The monoisotopic (exact) mass is 410 g/mol. The molecule has 7 heteroatoms. The van der Waals surface area contributed by atoms with Crippen LogP contribution >= 0.6 is 0 Å². The molecule has 0 bridgehead atoms. The van der Waals surface area contributed by atoms with Crippen molar-refractivity contribution in [3.63, 3.8) is 0 Å². The highest BCUT2D eigenvalue weighted by Gasteiger charge is 2.26. The number of hydrogen-bond donors (Lipinski definition) is 0. The van der Waals surface area contributed by atoms with Crippen LogP contribution in [0.25, 0.3) is 39.7 Å². The SMILES string of the molecule is Cc1ccc2c(c1)CCn1c-2nc(-c2ccc(F)c(C)n2)c1-c1ccc2ncnn2c1. The van der Waals surface area contributed by atoms with Gasteiger partial charge in [-0.1, -0.05) is 23.8 Å². The molecule has 0 unspecified atom stereocenters. The lowest BCUT2D eigenvalue weighted by Crippen LogP contribution is -2.12. The standard InChI is InChI=1S/C24H19FN6/c1-14-3-5-18-16(11-14)9-10-30-23(17-4-8-21-26-13-27-31(21)12-17)22(29-24(18)30)20-7-6-19(25)15(2)28-20/h3-8,11-13H,9-10H2,1-2H3. The van der Waals surface area contributed by atoms with Crippen LogP contribution in [-0.2, 0) is 13.0 Å². The van der Waals surface area contributed by atoms with Crippen molar-refractivity contribution in [2.45, 2.75) is 26.8 Å². The van der Waals surface area contributed by atoms with E-state index in [-0.39, 0.29) is 5.82 Å². The van der Waals surface area contributed by atoms with Gasteiger partial charge in [-0.15, -0.1) is 0 Å². The number of benzene rings is 1. The Kier molecular flexibility index (Phi) is 3.80. The first kappa shape index (κ1) is 17.9. The van der Waals surface area contributed by atoms with E-state index in [1.807, 2.05) is 18.3 Å². The molecule has 0 aliphatic carbocycles. The maximum atomic E-state index is 13.9. The molecule has 5 heterocycles. The number of aryl methyl sites for hydroxylation is 3. The summed E-state index contributed by atoms with van der Waals surface area (Å²) >= 11 is 0. The molecule has 0 spiro atoms. The highest BCUT2D eigenvalue weighted by atomic mass is 19.1. The van der Waals surface area contributed by atoms with Crippen LogP contribution in [0.1, 0.15) is 16.8 Å². The fraction of sp³-hybridized carbons (Fsp3) is 0.167. The summed E-state index contributed by atoms with van der Waals surface area (Å²) in [4.78, 5) is 13.8. The van der Waals surface area contributed by atoms with Crippen molar-refractivity contribution < 1.29 is 4.39 Å². The van der Waals surface area contributed by atoms with E-state index >= 15 is 0 Å². The van der Waals surface area contributed by atoms with Crippen molar-refractivity contribution in [2.75, 3.05) is 0 Å². The number of halogens is 1. The van der Waals surface area contributed by atoms with Crippen LogP contribution < -0.4 is 0 Å². The van der Waals surface area contributed by atoms with Crippen LogP contribution in [0.15, 0.2) is 55.0 Å². The van der Waals surface area contributed by atoms with E-state index < -0.39 is 0 Å². The van der Waals surface area contributed by atoms with Gasteiger partial charge in [0.25, 0.3) is 0 Å². The largest absolute Gasteiger partial charge is 0.323 e. The summed E-state index contributed by atoms with van der Waals surface area (Å²) in [6, 6.07) is 13.6. The van der Waals surface area contributed by atoms with E-state index in [0.29, 0.717) is 11.4 Å². The molecule has 6 nitrogen and oxygen atoms in total. The van der Waals surface area contributed by atoms with E-state index in [0.717, 1.165) is 47.0 Å². The normalized spacial score (nSPS) is 12.7. The molecule has 5 aromatic rings. The van der Waals surface area contributed by atoms with Gasteiger partial charge < -0.3 is 4.57 Å². The van der Waals surface area contributed by atoms with Gasteiger partial charge in [0.1, 0.15) is 23.7 Å². The van der Waals surface area contributed by atoms with Crippen LogP contribution in [0.4, 0.5) is 4.39 Å². The van der Waals surface area contributed by atoms with Gasteiger partial charge >= 0.3 is 0 Å². The molecule has 1 aliphatic rings. The number of rotatable bonds is 2. The second-order valence-electron chi connectivity index (χ2n) is 7.94. The van der Waals surface area contributed by atoms with Crippen molar-refractivity contribution in [2.24, 2.45) is 0 Å². The highest BCUT2D eigenvalue weighted by Crippen LogP contribution is 2.39.